The highest BCUT2D eigenvalue weighted by molar-refractivity contribution is 7.90. The fraction of sp³-hybridized carbons (Fsp3) is 0.385. The first kappa shape index (κ1) is 16.2. The maximum absolute atomic E-state index is 12.0. The third kappa shape index (κ3) is 5.83. The van der Waals surface area contributed by atoms with E-state index in [1.54, 1.807) is 30.3 Å². The first-order valence-electron chi connectivity index (χ1n) is 6.04. The number of carboxylic acid groups (broad SMARTS) is 1. The fourth-order valence-corrected chi connectivity index (χ4v) is 2.36. The number of amides is 1. The van der Waals surface area contributed by atoms with Crippen LogP contribution in [0.4, 0.5) is 5.69 Å². The van der Waals surface area contributed by atoms with Crippen molar-refractivity contribution >= 4 is 27.4 Å². The minimum absolute atomic E-state index is 0.00472. The molecule has 1 rings (SSSR count). The maximum atomic E-state index is 12.0. The molecule has 1 amide bonds. The molecule has 0 saturated heterocycles. The molecule has 0 aliphatic carbocycles. The topological polar surface area (TPSA) is 91.8 Å². The Balaban J connectivity index is 2.73. The van der Waals surface area contributed by atoms with E-state index in [0.29, 0.717) is 5.69 Å². The summed E-state index contributed by atoms with van der Waals surface area (Å²) in [5.41, 5.74) is 0.485. The zero-order valence-electron chi connectivity index (χ0n) is 11.2. The van der Waals surface area contributed by atoms with Crippen molar-refractivity contribution in [1.82, 2.24) is 0 Å². The van der Waals surface area contributed by atoms with Gasteiger partial charge in [-0.3, -0.25) is 9.59 Å². The van der Waals surface area contributed by atoms with Crippen molar-refractivity contribution in [2.24, 2.45) is 0 Å². The molecule has 1 aromatic carbocycles. The highest BCUT2D eigenvalue weighted by Crippen LogP contribution is 2.15. The number of sulfone groups is 1. The fourth-order valence-electron chi connectivity index (χ4n) is 1.69. The lowest BCUT2D eigenvalue weighted by Crippen LogP contribution is -2.35. The molecule has 0 radical (unpaired) electrons. The number of nitrogens with zero attached hydrogens (tertiary/aromatic N) is 1. The van der Waals surface area contributed by atoms with Gasteiger partial charge in [0, 0.05) is 18.4 Å². The van der Waals surface area contributed by atoms with Gasteiger partial charge in [-0.2, -0.15) is 0 Å². The van der Waals surface area contributed by atoms with E-state index in [2.05, 4.69) is 0 Å². The van der Waals surface area contributed by atoms with E-state index in [4.69, 9.17) is 5.11 Å². The summed E-state index contributed by atoms with van der Waals surface area (Å²) < 4.78 is 22.0. The van der Waals surface area contributed by atoms with Crippen LogP contribution in [0.25, 0.3) is 0 Å². The summed E-state index contributed by atoms with van der Waals surface area (Å²) in [6.07, 6.45) is 1.28. The first-order chi connectivity index (χ1) is 9.29. The Morgan fingerprint density at radius 3 is 2.30 bits per heavy atom. The largest absolute Gasteiger partial charge is 0.480 e. The maximum Gasteiger partial charge on any atom is 0.323 e. The minimum Gasteiger partial charge on any atom is -0.480 e. The number of anilines is 1. The van der Waals surface area contributed by atoms with E-state index in [1.165, 1.54) is 0 Å². The predicted molar refractivity (Wildman–Crippen MR) is 75.4 cm³/mol. The van der Waals surface area contributed by atoms with E-state index in [1.807, 2.05) is 0 Å². The van der Waals surface area contributed by atoms with Crippen LogP contribution in [-0.4, -0.2) is 44.0 Å². The zero-order valence-corrected chi connectivity index (χ0v) is 12.0. The van der Waals surface area contributed by atoms with Gasteiger partial charge in [0.2, 0.25) is 5.91 Å². The Morgan fingerprint density at radius 1 is 1.20 bits per heavy atom. The molecule has 20 heavy (non-hydrogen) atoms. The molecule has 110 valence electrons. The van der Waals surface area contributed by atoms with Gasteiger partial charge < -0.3 is 10.0 Å². The number of hydrogen-bond donors (Lipinski definition) is 1. The van der Waals surface area contributed by atoms with Crippen LogP contribution in [0, 0.1) is 0 Å². The molecule has 1 N–H and O–H groups in total. The van der Waals surface area contributed by atoms with Crippen LogP contribution in [0.3, 0.4) is 0 Å². The van der Waals surface area contributed by atoms with Gasteiger partial charge in [0.05, 0.1) is 5.75 Å². The smallest absolute Gasteiger partial charge is 0.323 e. The minimum atomic E-state index is -3.12. The van der Waals surface area contributed by atoms with Gasteiger partial charge in [0.15, 0.2) is 0 Å². The Morgan fingerprint density at radius 2 is 1.80 bits per heavy atom. The molecule has 0 aliphatic rings. The van der Waals surface area contributed by atoms with Crippen molar-refractivity contribution in [3.05, 3.63) is 30.3 Å². The van der Waals surface area contributed by atoms with Crippen LogP contribution < -0.4 is 4.90 Å². The van der Waals surface area contributed by atoms with Crippen LogP contribution in [0.5, 0.6) is 0 Å². The number of carboxylic acids is 1. The molecule has 0 atom stereocenters. The zero-order chi connectivity index (χ0) is 15.2. The summed E-state index contributed by atoms with van der Waals surface area (Å²) in [5.74, 6) is -1.61. The van der Waals surface area contributed by atoms with Crippen molar-refractivity contribution in [1.29, 1.82) is 0 Å². The second kappa shape index (κ2) is 7.04. The number of benzene rings is 1. The van der Waals surface area contributed by atoms with Gasteiger partial charge in [0.1, 0.15) is 16.4 Å². The second-order valence-electron chi connectivity index (χ2n) is 4.44. The molecule has 0 saturated carbocycles. The average Bonchev–Trinajstić information content (AvgIpc) is 2.35. The number of carbonyl (C=O) groups excluding carboxylic acids is 1. The summed E-state index contributed by atoms with van der Waals surface area (Å²) >= 11 is 0. The van der Waals surface area contributed by atoms with Gasteiger partial charge in [0.25, 0.3) is 0 Å². The number of para-hydroxylation sites is 1. The quantitative estimate of drug-likeness (QED) is 0.808. The van der Waals surface area contributed by atoms with Gasteiger partial charge in [-0.1, -0.05) is 18.2 Å². The Kier molecular flexibility index (Phi) is 5.69. The third-order valence-corrected chi connectivity index (χ3v) is 3.60. The molecule has 0 bridgehead atoms. The molecular weight excluding hydrogens is 282 g/mol. The lowest BCUT2D eigenvalue weighted by atomic mass is 10.2. The van der Waals surface area contributed by atoms with Crippen LogP contribution in [0.2, 0.25) is 0 Å². The SMILES string of the molecule is CS(=O)(=O)CCCC(=O)N(CC(=O)O)c1ccccc1. The molecule has 6 nitrogen and oxygen atoms in total. The van der Waals surface area contributed by atoms with Gasteiger partial charge in [-0.05, 0) is 18.6 Å². The number of aliphatic carboxylic acids is 1. The highest BCUT2D eigenvalue weighted by Gasteiger charge is 2.18. The summed E-state index contributed by atoms with van der Waals surface area (Å²) in [6, 6.07) is 8.44. The van der Waals surface area contributed by atoms with E-state index < -0.39 is 28.3 Å². The number of rotatable bonds is 7. The summed E-state index contributed by atoms with van der Waals surface area (Å²) in [4.78, 5) is 24.0. The molecule has 0 spiro atoms. The van der Waals surface area contributed by atoms with E-state index in [9.17, 15) is 18.0 Å². The van der Waals surface area contributed by atoms with Crippen molar-refractivity contribution in [3.63, 3.8) is 0 Å². The first-order valence-corrected chi connectivity index (χ1v) is 8.10. The highest BCUT2D eigenvalue weighted by atomic mass is 32.2. The lowest BCUT2D eigenvalue weighted by molar-refractivity contribution is -0.136. The summed E-state index contributed by atoms with van der Waals surface area (Å²) in [5, 5.41) is 8.86. The molecule has 0 heterocycles. The Bertz CT molecular complexity index is 568. The molecule has 1 aromatic rings. The van der Waals surface area contributed by atoms with E-state index >= 15 is 0 Å². The lowest BCUT2D eigenvalue weighted by Gasteiger charge is -2.20. The average molecular weight is 299 g/mol. The molecule has 0 aliphatic heterocycles. The third-order valence-electron chi connectivity index (χ3n) is 2.57. The van der Waals surface area contributed by atoms with Crippen LogP contribution in [-0.2, 0) is 19.4 Å². The molecule has 0 aromatic heterocycles. The summed E-state index contributed by atoms with van der Waals surface area (Å²) in [7, 11) is -3.12. The van der Waals surface area contributed by atoms with Crippen molar-refractivity contribution in [3.8, 4) is 0 Å². The van der Waals surface area contributed by atoms with Crippen LogP contribution in [0.15, 0.2) is 30.3 Å². The Hall–Kier alpha value is -1.89. The summed E-state index contributed by atoms with van der Waals surface area (Å²) in [6.45, 7) is -0.443. The van der Waals surface area contributed by atoms with Crippen LogP contribution >= 0.6 is 0 Å². The molecule has 0 fully saturated rings. The molecular formula is C13H17NO5S. The van der Waals surface area contributed by atoms with E-state index in [0.717, 1.165) is 11.2 Å². The van der Waals surface area contributed by atoms with Crippen molar-refractivity contribution in [2.45, 2.75) is 12.8 Å². The van der Waals surface area contributed by atoms with E-state index in [-0.39, 0.29) is 18.6 Å². The van der Waals surface area contributed by atoms with Crippen LogP contribution in [0.1, 0.15) is 12.8 Å². The second-order valence-corrected chi connectivity index (χ2v) is 6.70. The normalized spacial score (nSPS) is 11.1. The van der Waals surface area contributed by atoms with Gasteiger partial charge in [-0.25, -0.2) is 8.42 Å². The standard InChI is InChI=1S/C13H17NO5S/c1-20(18,19)9-5-8-12(15)14(10-13(16)17)11-6-3-2-4-7-11/h2-4,6-7H,5,8-10H2,1H3,(H,16,17). The molecule has 7 heteroatoms. The molecule has 0 unspecified atom stereocenters. The number of carbonyl (C=O) groups is 2. The number of hydrogen-bond acceptors (Lipinski definition) is 4. The monoisotopic (exact) mass is 299 g/mol. The van der Waals surface area contributed by atoms with Crippen molar-refractivity contribution < 1.29 is 23.1 Å². The predicted octanol–water partition coefficient (Wildman–Crippen LogP) is 0.929. The van der Waals surface area contributed by atoms with Gasteiger partial charge in [-0.15, -0.1) is 0 Å². The van der Waals surface area contributed by atoms with Gasteiger partial charge >= 0.3 is 5.97 Å². The van der Waals surface area contributed by atoms with Crippen molar-refractivity contribution in [2.75, 3.05) is 23.5 Å². The Labute approximate surface area is 117 Å².